The number of sulfone groups is 1. The first-order valence-corrected chi connectivity index (χ1v) is 9.75. The molecule has 1 unspecified atom stereocenters. The SMILES string of the molecule is O=[N+]([O-])c1cc(S(=O)(=O)C(F)(F)F)ccc1N1CCCC(Cn2cncn2)C1. The minimum absolute atomic E-state index is 0.0921. The molecule has 1 fully saturated rings. The summed E-state index contributed by atoms with van der Waals surface area (Å²) in [6.07, 6.45) is 4.52. The number of rotatable bonds is 5. The average molecular weight is 419 g/mol. The number of nitro groups is 1. The second-order valence-electron chi connectivity index (χ2n) is 6.43. The summed E-state index contributed by atoms with van der Waals surface area (Å²) in [5.41, 5.74) is -6.11. The van der Waals surface area contributed by atoms with Gasteiger partial charge in [0.25, 0.3) is 15.5 Å². The van der Waals surface area contributed by atoms with Crippen LogP contribution in [-0.4, -0.2) is 46.7 Å². The highest BCUT2D eigenvalue weighted by atomic mass is 32.2. The Labute approximate surface area is 157 Å². The van der Waals surface area contributed by atoms with Gasteiger partial charge in [-0.1, -0.05) is 0 Å². The Bertz CT molecular complexity index is 963. The Morgan fingerprint density at radius 3 is 2.68 bits per heavy atom. The number of alkyl halides is 3. The molecule has 2 heterocycles. The maximum absolute atomic E-state index is 12.8. The van der Waals surface area contributed by atoms with E-state index in [0.29, 0.717) is 25.7 Å². The van der Waals surface area contributed by atoms with Crippen molar-refractivity contribution in [2.45, 2.75) is 29.8 Å². The fraction of sp³-hybridized carbons (Fsp3) is 0.467. The highest BCUT2D eigenvalue weighted by molar-refractivity contribution is 7.92. The lowest BCUT2D eigenvalue weighted by atomic mass is 9.97. The van der Waals surface area contributed by atoms with Gasteiger partial charge in [0.2, 0.25) is 0 Å². The summed E-state index contributed by atoms with van der Waals surface area (Å²) in [6.45, 7) is 1.44. The van der Waals surface area contributed by atoms with E-state index in [1.165, 1.54) is 6.33 Å². The zero-order chi connectivity index (χ0) is 20.5. The van der Waals surface area contributed by atoms with E-state index in [0.717, 1.165) is 25.0 Å². The number of benzene rings is 1. The van der Waals surface area contributed by atoms with Crippen molar-refractivity contribution in [1.29, 1.82) is 0 Å². The second kappa shape index (κ2) is 7.37. The van der Waals surface area contributed by atoms with Crippen LogP contribution in [0.1, 0.15) is 12.8 Å². The van der Waals surface area contributed by atoms with Crippen LogP contribution in [0.5, 0.6) is 0 Å². The first-order valence-electron chi connectivity index (χ1n) is 8.27. The minimum atomic E-state index is -5.67. The third kappa shape index (κ3) is 3.93. The van der Waals surface area contributed by atoms with Crippen molar-refractivity contribution in [3.8, 4) is 0 Å². The quantitative estimate of drug-likeness (QED) is 0.540. The topological polar surface area (TPSA) is 111 Å². The smallest absolute Gasteiger partial charge is 0.366 e. The van der Waals surface area contributed by atoms with Crippen LogP contribution in [0, 0.1) is 16.0 Å². The fourth-order valence-corrected chi connectivity index (χ4v) is 4.02. The van der Waals surface area contributed by atoms with Crippen LogP contribution in [-0.2, 0) is 16.4 Å². The van der Waals surface area contributed by atoms with Gasteiger partial charge in [0.1, 0.15) is 18.3 Å². The molecule has 1 saturated heterocycles. The second-order valence-corrected chi connectivity index (χ2v) is 8.37. The molecule has 1 aliphatic rings. The van der Waals surface area contributed by atoms with Crippen LogP contribution in [0.4, 0.5) is 24.5 Å². The number of nitro benzene ring substituents is 1. The third-order valence-corrected chi connectivity index (χ3v) is 6.01. The maximum Gasteiger partial charge on any atom is 0.501 e. The number of hydrogen-bond acceptors (Lipinski definition) is 7. The van der Waals surface area contributed by atoms with Crippen molar-refractivity contribution in [2.75, 3.05) is 18.0 Å². The first kappa shape index (κ1) is 20.0. The van der Waals surface area contributed by atoms with Crippen LogP contribution in [0.3, 0.4) is 0 Å². The van der Waals surface area contributed by atoms with Crippen LogP contribution in [0.15, 0.2) is 35.7 Å². The molecule has 1 aromatic carbocycles. The largest absolute Gasteiger partial charge is 0.501 e. The first-order chi connectivity index (χ1) is 13.1. The summed E-state index contributed by atoms with van der Waals surface area (Å²) in [4.78, 5) is 14.9. The normalized spacial score (nSPS) is 18.2. The molecular weight excluding hydrogens is 403 g/mol. The van der Waals surface area contributed by atoms with E-state index in [9.17, 15) is 31.7 Å². The van der Waals surface area contributed by atoms with Gasteiger partial charge >= 0.3 is 5.51 Å². The molecule has 2 aromatic rings. The fourth-order valence-electron chi connectivity index (χ4n) is 3.24. The zero-order valence-electron chi connectivity index (χ0n) is 14.4. The van der Waals surface area contributed by atoms with Gasteiger partial charge < -0.3 is 4.90 Å². The van der Waals surface area contributed by atoms with Crippen LogP contribution >= 0.6 is 0 Å². The van der Waals surface area contributed by atoms with Crippen molar-refractivity contribution in [1.82, 2.24) is 14.8 Å². The van der Waals surface area contributed by atoms with Gasteiger partial charge in [-0.15, -0.1) is 0 Å². The van der Waals surface area contributed by atoms with Gasteiger partial charge in [-0.3, -0.25) is 14.8 Å². The Morgan fingerprint density at radius 1 is 1.32 bits per heavy atom. The Morgan fingerprint density at radius 2 is 2.07 bits per heavy atom. The van der Waals surface area contributed by atoms with Crippen molar-refractivity contribution in [2.24, 2.45) is 5.92 Å². The molecule has 1 aliphatic heterocycles. The summed E-state index contributed by atoms with van der Waals surface area (Å²) in [5.74, 6) is 0.105. The number of piperidine rings is 1. The maximum atomic E-state index is 12.8. The monoisotopic (exact) mass is 419 g/mol. The number of nitrogens with zero attached hydrogens (tertiary/aromatic N) is 5. The molecule has 9 nitrogen and oxygen atoms in total. The molecule has 1 atom stereocenters. The molecule has 0 amide bonds. The molecule has 0 N–H and O–H groups in total. The lowest BCUT2D eigenvalue weighted by molar-refractivity contribution is -0.384. The third-order valence-electron chi connectivity index (χ3n) is 4.53. The molecule has 152 valence electrons. The van der Waals surface area contributed by atoms with E-state index < -0.39 is 30.9 Å². The van der Waals surface area contributed by atoms with Gasteiger partial charge in [0.05, 0.1) is 9.82 Å². The van der Waals surface area contributed by atoms with Crippen molar-refractivity contribution >= 4 is 21.2 Å². The Balaban J connectivity index is 1.90. The molecular formula is C15H16F3N5O4S. The van der Waals surface area contributed by atoms with E-state index in [4.69, 9.17) is 0 Å². The lowest BCUT2D eigenvalue weighted by Crippen LogP contribution is -2.37. The molecule has 28 heavy (non-hydrogen) atoms. The molecule has 0 radical (unpaired) electrons. The van der Waals surface area contributed by atoms with E-state index in [1.54, 1.807) is 15.9 Å². The Hall–Kier alpha value is -2.70. The van der Waals surface area contributed by atoms with E-state index in [1.807, 2.05) is 0 Å². The van der Waals surface area contributed by atoms with Crippen molar-refractivity contribution in [3.63, 3.8) is 0 Å². The summed E-state index contributed by atoms with van der Waals surface area (Å²) >= 11 is 0. The lowest BCUT2D eigenvalue weighted by Gasteiger charge is -2.34. The minimum Gasteiger partial charge on any atom is -0.366 e. The van der Waals surface area contributed by atoms with Gasteiger partial charge in [-0.05, 0) is 30.9 Å². The number of aromatic nitrogens is 3. The summed E-state index contributed by atoms with van der Waals surface area (Å²) in [5, 5.41) is 15.4. The van der Waals surface area contributed by atoms with E-state index in [2.05, 4.69) is 10.1 Å². The van der Waals surface area contributed by atoms with Crippen LogP contribution in [0.2, 0.25) is 0 Å². The number of anilines is 1. The highest BCUT2D eigenvalue weighted by Crippen LogP contribution is 2.37. The summed E-state index contributed by atoms with van der Waals surface area (Å²) in [6, 6.07) is 2.29. The van der Waals surface area contributed by atoms with E-state index >= 15 is 0 Å². The van der Waals surface area contributed by atoms with Crippen LogP contribution in [0.25, 0.3) is 0 Å². The van der Waals surface area contributed by atoms with Gasteiger partial charge in [0, 0.05) is 25.7 Å². The number of halogens is 3. The summed E-state index contributed by atoms with van der Waals surface area (Å²) in [7, 11) is -5.67. The predicted octanol–water partition coefficient (Wildman–Crippen LogP) is 2.40. The van der Waals surface area contributed by atoms with Gasteiger partial charge in [-0.2, -0.15) is 18.3 Å². The predicted molar refractivity (Wildman–Crippen MR) is 91.3 cm³/mol. The van der Waals surface area contributed by atoms with Crippen LogP contribution < -0.4 is 4.90 Å². The molecule has 0 aliphatic carbocycles. The molecule has 0 spiro atoms. The molecule has 0 bridgehead atoms. The van der Waals surface area contributed by atoms with Crippen molar-refractivity contribution in [3.05, 3.63) is 41.0 Å². The van der Waals surface area contributed by atoms with E-state index in [-0.39, 0.29) is 11.6 Å². The van der Waals surface area contributed by atoms with Gasteiger partial charge in [0.15, 0.2) is 0 Å². The van der Waals surface area contributed by atoms with Crippen molar-refractivity contribution < 1.29 is 26.5 Å². The molecule has 1 aromatic heterocycles. The molecule has 3 rings (SSSR count). The molecule has 13 heteroatoms. The highest BCUT2D eigenvalue weighted by Gasteiger charge is 2.47. The summed E-state index contributed by atoms with van der Waals surface area (Å²) < 4.78 is 63.0. The average Bonchev–Trinajstić information content (AvgIpc) is 3.13. The standard InChI is InChI=1S/C15H16F3N5O4S/c16-15(17,18)28(26,27)12-3-4-13(14(6-12)23(24)25)21-5-1-2-11(7-21)8-22-10-19-9-20-22/h3-4,6,9-11H,1-2,5,7-8H2. The Kier molecular flexibility index (Phi) is 5.28. The number of hydrogen-bond donors (Lipinski definition) is 0. The zero-order valence-corrected chi connectivity index (χ0v) is 15.2. The van der Waals surface area contributed by atoms with Gasteiger partial charge in [-0.25, -0.2) is 13.4 Å². The molecule has 0 saturated carbocycles.